The number of carbonyl (C=O) groups excluding carboxylic acids is 1. The Balaban J connectivity index is 1.61. The second kappa shape index (κ2) is 7.97. The van der Waals surface area contributed by atoms with Crippen LogP contribution < -0.4 is 10.6 Å². The zero-order valence-electron chi connectivity index (χ0n) is 14.1. The van der Waals surface area contributed by atoms with Crippen LogP contribution in [-0.2, 0) is 11.2 Å². The molecule has 0 radical (unpaired) electrons. The number of amides is 1. The maximum Gasteiger partial charge on any atom is 0.228 e. The van der Waals surface area contributed by atoms with E-state index in [1.54, 1.807) is 24.4 Å². The van der Waals surface area contributed by atoms with Gasteiger partial charge in [-0.25, -0.2) is 9.37 Å². The fourth-order valence-corrected chi connectivity index (χ4v) is 2.63. The van der Waals surface area contributed by atoms with Crippen LogP contribution in [0.25, 0.3) is 0 Å². The molecule has 2 aromatic carbocycles. The first-order valence-electron chi connectivity index (χ1n) is 8.04. The van der Waals surface area contributed by atoms with Crippen molar-refractivity contribution in [3.05, 3.63) is 82.8 Å². The lowest BCUT2D eigenvalue weighted by Crippen LogP contribution is -2.15. The molecule has 0 saturated carbocycles. The molecule has 26 heavy (non-hydrogen) atoms. The first kappa shape index (κ1) is 17.9. The van der Waals surface area contributed by atoms with Gasteiger partial charge in [0, 0.05) is 5.69 Å². The predicted molar refractivity (Wildman–Crippen MR) is 102 cm³/mol. The molecule has 132 valence electrons. The molecular weight excluding hydrogens is 353 g/mol. The maximum absolute atomic E-state index is 13.2. The number of benzene rings is 2. The van der Waals surface area contributed by atoms with Crippen molar-refractivity contribution < 1.29 is 9.18 Å². The third kappa shape index (κ3) is 4.58. The molecule has 0 aliphatic heterocycles. The van der Waals surface area contributed by atoms with Crippen molar-refractivity contribution in [2.45, 2.75) is 13.3 Å². The molecule has 0 unspecified atom stereocenters. The van der Waals surface area contributed by atoms with Crippen LogP contribution in [0.1, 0.15) is 11.1 Å². The fourth-order valence-electron chi connectivity index (χ4n) is 2.45. The Hall–Kier alpha value is -2.92. The van der Waals surface area contributed by atoms with Gasteiger partial charge in [-0.2, -0.15) is 0 Å². The van der Waals surface area contributed by atoms with E-state index in [9.17, 15) is 9.18 Å². The van der Waals surface area contributed by atoms with E-state index in [1.165, 1.54) is 12.1 Å². The van der Waals surface area contributed by atoms with Crippen molar-refractivity contribution in [1.29, 1.82) is 0 Å². The number of rotatable bonds is 5. The SMILES string of the molecule is Cc1ccccc1CC(=O)Nc1ccc(Nc2ccc(F)c(Cl)c2)nc1. The summed E-state index contributed by atoms with van der Waals surface area (Å²) >= 11 is 5.76. The van der Waals surface area contributed by atoms with Crippen LogP contribution in [-0.4, -0.2) is 10.9 Å². The van der Waals surface area contributed by atoms with Crippen molar-refractivity contribution in [3.63, 3.8) is 0 Å². The first-order chi connectivity index (χ1) is 12.5. The van der Waals surface area contributed by atoms with Crippen LogP contribution >= 0.6 is 11.6 Å². The number of hydrogen-bond acceptors (Lipinski definition) is 3. The Bertz CT molecular complexity index is 929. The topological polar surface area (TPSA) is 54.0 Å². The average molecular weight is 370 g/mol. The van der Waals surface area contributed by atoms with Crippen LogP contribution in [0.5, 0.6) is 0 Å². The highest BCUT2D eigenvalue weighted by atomic mass is 35.5. The molecule has 1 aromatic heterocycles. The minimum atomic E-state index is -0.475. The van der Waals surface area contributed by atoms with Crippen LogP contribution in [0.4, 0.5) is 21.6 Å². The van der Waals surface area contributed by atoms with Crippen LogP contribution in [0.3, 0.4) is 0 Å². The predicted octanol–water partition coefficient (Wildman–Crippen LogP) is 5.11. The smallest absolute Gasteiger partial charge is 0.228 e. The van der Waals surface area contributed by atoms with E-state index in [0.717, 1.165) is 11.1 Å². The largest absolute Gasteiger partial charge is 0.340 e. The summed E-state index contributed by atoms with van der Waals surface area (Å²) in [4.78, 5) is 16.4. The molecule has 3 rings (SSSR count). The summed E-state index contributed by atoms with van der Waals surface area (Å²) in [5.74, 6) is -0.0198. The maximum atomic E-state index is 13.2. The van der Waals surface area contributed by atoms with Gasteiger partial charge in [-0.1, -0.05) is 35.9 Å². The van der Waals surface area contributed by atoms with Crippen molar-refractivity contribution >= 4 is 34.7 Å². The zero-order valence-corrected chi connectivity index (χ0v) is 14.8. The van der Waals surface area contributed by atoms with Crippen LogP contribution in [0, 0.1) is 12.7 Å². The van der Waals surface area contributed by atoms with Crippen LogP contribution in [0.15, 0.2) is 60.8 Å². The Labute approximate surface area is 156 Å². The molecule has 0 saturated heterocycles. The number of aromatic nitrogens is 1. The molecule has 2 N–H and O–H groups in total. The van der Waals surface area contributed by atoms with Gasteiger partial charge in [0.2, 0.25) is 5.91 Å². The number of carbonyl (C=O) groups is 1. The van der Waals surface area contributed by atoms with Gasteiger partial charge in [-0.3, -0.25) is 4.79 Å². The summed E-state index contributed by atoms with van der Waals surface area (Å²) in [6.07, 6.45) is 1.87. The molecule has 0 fully saturated rings. The van der Waals surface area contributed by atoms with Crippen LogP contribution in [0.2, 0.25) is 5.02 Å². The van der Waals surface area contributed by atoms with E-state index in [-0.39, 0.29) is 10.9 Å². The number of aryl methyl sites for hydroxylation is 1. The number of nitrogens with zero attached hydrogens (tertiary/aromatic N) is 1. The van der Waals surface area contributed by atoms with E-state index in [0.29, 0.717) is 23.6 Å². The van der Waals surface area contributed by atoms with Crippen molar-refractivity contribution in [1.82, 2.24) is 4.98 Å². The number of halogens is 2. The Kier molecular flexibility index (Phi) is 5.49. The Morgan fingerprint density at radius 3 is 2.58 bits per heavy atom. The van der Waals surface area contributed by atoms with Gasteiger partial charge in [-0.15, -0.1) is 0 Å². The van der Waals surface area contributed by atoms with Gasteiger partial charge in [0.1, 0.15) is 11.6 Å². The normalized spacial score (nSPS) is 10.4. The Morgan fingerprint density at radius 2 is 1.88 bits per heavy atom. The summed E-state index contributed by atoms with van der Waals surface area (Å²) in [5.41, 5.74) is 3.30. The van der Waals surface area contributed by atoms with E-state index in [1.807, 2.05) is 31.2 Å². The quantitative estimate of drug-likeness (QED) is 0.657. The highest BCUT2D eigenvalue weighted by Gasteiger charge is 2.07. The summed E-state index contributed by atoms with van der Waals surface area (Å²) in [6.45, 7) is 1.98. The van der Waals surface area contributed by atoms with Crippen molar-refractivity contribution in [3.8, 4) is 0 Å². The molecule has 3 aromatic rings. The molecule has 4 nitrogen and oxygen atoms in total. The number of pyridine rings is 1. The molecule has 0 aliphatic rings. The van der Waals surface area contributed by atoms with Gasteiger partial charge < -0.3 is 10.6 Å². The summed E-state index contributed by atoms with van der Waals surface area (Å²) in [7, 11) is 0. The highest BCUT2D eigenvalue weighted by Crippen LogP contribution is 2.22. The summed E-state index contributed by atoms with van der Waals surface area (Å²) < 4.78 is 13.2. The molecule has 0 spiro atoms. The zero-order chi connectivity index (χ0) is 18.5. The minimum Gasteiger partial charge on any atom is -0.340 e. The first-order valence-corrected chi connectivity index (χ1v) is 8.41. The molecule has 1 heterocycles. The second-order valence-corrected chi connectivity index (χ2v) is 6.24. The summed E-state index contributed by atoms with van der Waals surface area (Å²) in [5, 5.41) is 5.89. The number of anilines is 3. The van der Waals surface area contributed by atoms with E-state index >= 15 is 0 Å². The number of nitrogens with one attached hydrogen (secondary N) is 2. The third-order valence-corrected chi connectivity index (χ3v) is 4.14. The summed E-state index contributed by atoms with van der Waals surface area (Å²) in [6, 6.07) is 15.6. The van der Waals surface area contributed by atoms with Gasteiger partial charge >= 0.3 is 0 Å². The average Bonchev–Trinajstić information content (AvgIpc) is 2.62. The van der Waals surface area contributed by atoms with E-state index in [4.69, 9.17) is 11.6 Å². The van der Waals surface area contributed by atoms with E-state index < -0.39 is 5.82 Å². The molecule has 1 amide bonds. The van der Waals surface area contributed by atoms with Gasteiger partial charge in [0.15, 0.2) is 0 Å². The standard InChI is InChI=1S/C20H17ClFN3O/c1-13-4-2-3-5-14(13)10-20(26)25-16-7-9-19(23-12-16)24-15-6-8-18(22)17(21)11-15/h2-9,11-12H,10H2,1H3,(H,23,24)(H,25,26). The lowest BCUT2D eigenvalue weighted by Gasteiger charge is -2.09. The lowest BCUT2D eigenvalue weighted by atomic mass is 10.1. The molecule has 0 atom stereocenters. The lowest BCUT2D eigenvalue weighted by molar-refractivity contribution is -0.115. The minimum absolute atomic E-state index is 0.0371. The van der Waals surface area contributed by atoms with Gasteiger partial charge in [0.25, 0.3) is 0 Å². The molecular formula is C20H17ClFN3O. The van der Waals surface area contributed by atoms with Gasteiger partial charge in [-0.05, 0) is 48.4 Å². The molecule has 0 aliphatic carbocycles. The second-order valence-electron chi connectivity index (χ2n) is 5.84. The Morgan fingerprint density at radius 1 is 1.12 bits per heavy atom. The van der Waals surface area contributed by atoms with Gasteiger partial charge in [0.05, 0.1) is 23.3 Å². The molecule has 0 bridgehead atoms. The third-order valence-electron chi connectivity index (χ3n) is 3.85. The molecule has 6 heteroatoms. The monoisotopic (exact) mass is 369 g/mol. The number of hydrogen-bond donors (Lipinski definition) is 2. The fraction of sp³-hybridized carbons (Fsp3) is 0.100. The van der Waals surface area contributed by atoms with Crippen molar-refractivity contribution in [2.24, 2.45) is 0 Å². The highest BCUT2D eigenvalue weighted by molar-refractivity contribution is 6.31. The van der Waals surface area contributed by atoms with Crippen molar-refractivity contribution in [2.75, 3.05) is 10.6 Å². The van der Waals surface area contributed by atoms with E-state index in [2.05, 4.69) is 15.6 Å².